The van der Waals surface area contributed by atoms with Crippen LogP contribution in [0, 0.1) is 0 Å². The number of methoxy groups -OCH3 is 1. The van der Waals surface area contributed by atoms with E-state index in [-0.39, 0.29) is 24.5 Å². The number of Topliss-reactive ketones (excluding diaryl/α,β-unsaturated/α-hetero) is 1. The summed E-state index contributed by atoms with van der Waals surface area (Å²) in [7, 11) is 1.65. The maximum absolute atomic E-state index is 11.7. The van der Waals surface area contributed by atoms with Crippen molar-refractivity contribution in [3.05, 3.63) is 22.4 Å². The van der Waals surface area contributed by atoms with Crippen LogP contribution in [0.3, 0.4) is 0 Å². The predicted octanol–water partition coefficient (Wildman–Crippen LogP) is 1.06. The van der Waals surface area contributed by atoms with Crippen LogP contribution in [0.4, 0.5) is 0 Å². The van der Waals surface area contributed by atoms with Gasteiger partial charge in [0, 0.05) is 39.6 Å². The molecule has 0 aliphatic carbocycles. The lowest BCUT2D eigenvalue weighted by Crippen LogP contribution is -2.33. The standard InChI is InChI=1S/C13H20N2O3S/c1-18-9-8-14-6-7-15-13(17)5-4-11(16)12-3-2-10-19-12/h2-3,10,14H,4-9H2,1H3,(H,15,17). The van der Waals surface area contributed by atoms with Gasteiger partial charge in [-0.2, -0.15) is 0 Å². The van der Waals surface area contributed by atoms with Gasteiger partial charge in [-0.1, -0.05) is 6.07 Å². The first-order chi connectivity index (χ1) is 9.24. The summed E-state index contributed by atoms with van der Waals surface area (Å²) in [5.41, 5.74) is 0. The van der Waals surface area contributed by atoms with Crippen LogP contribution in [0.5, 0.6) is 0 Å². The zero-order valence-corrected chi connectivity index (χ0v) is 11.9. The smallest absolute Gasteiger partial charge is 0.220 e. The molecule has 0 bridgehead atoms. The van der Waals surface area contributed by atoms with Crippen molar-refractivity contribution in [1.82, 2.24) is 10.6 Å². The molecule has 0 fully saturated rings. The summed E-state index contributed by atoms with van der Waals surface area (Å²) in [6.07, 6.45) is 0.512. The first-order valence-electron chi connectivity index (χ1n) is 6.27. The minimum absolute atomic E-state index is 0.0309. The SMILES string of the molecule is COCCNCCNC(=O)CCC(=O)c1cccs1. The number of carbonyl (C=O) groups is 2. The van der Waals surface area contributed by atoms with Crippen LogP contribution in [-0.2, 0) is 9.53 Å². The van der Waals surface area contributed by atoms with Gasteiger partial charge in [-0.25, -0.2) is 0 Å². The van der Waals surface area contributed by atoms with Gasteiger partial charge >= 0.3 is 0 Å². The number of ether oxygens (including phenoxy) is 1. The minimum Gasteiger partial charge on any atom is -0.383 e. The van der Waals surface area contributed by atoms with E-state index in [1.807, 2.05) is 11.4 Å². The molecule has 1 aromatic heterocycles. The summed E-state index contributed by atoms with van der Waals surface area (Å²) < 4.78 is 4.88. The van der Waals surface area contributed by atoms with E-state index in [0.29, 0.717) is 24.6 Å². The molecule has 1 rings (SSSR count). The molecule has 0 aromatic carbocycles. The quantitative estimate of drug-likeness (QED) is 0.498. The predicted molar refractivity (Wildman–Crippen MR) is 75.6 cm³/mol. The number of thiophene rings is 1. The number of hydrogen-bond donors (Lipinski definition) is 2. The number of rotatable bonds is 10. The summed E-state index contributed by atoms with van der Waals surface area (Å²) in [5.74, 6) is -0.0539. The van der Waals surface area contributed by atoms with Gasteiger partial charge in [0.15, 0.2) is 5.78 Å². The molecule has 1 amide bonds. The fourth-order valence-corrected chi connectivity index (χ4v) is 2.16. The number of carbonyl (C=O) groups excluding carboxylic acids is 2. The van der Waals surface area contributed by atoms with Gasteiger partial charge in [-0.3, -0.25) is 9.59 Å². The van der Waals surface area contributed by atoms with Crippen LogP contribution >= 0.6 is 11.3 Å². The molecule has 0 radical (unpaired) electrons. The Bertz CT molecular complexity index is 379. The Hall–Kier alpha value is -1.24. The van der Waals surface area contributed by atoms with Gasteiger partial charge in [-0.15, -0.1) is 11.3 Å². The number of ketones is 1. The summed E-state index contributed by atoms with van der Waals surface area (Å²) >= 11 is 1.41. The molecule has 0 saturated carbocycles. The summed E-state index contributed by atoms with van der Waals surface area (Å²) in [5, 5.41) is 7.75. The molecule has 6 heteroatoms. The van der Waals surface area contributed by atoms with Crippen LogP contribution in [0.25, 0.3) is 0 Å². The zero-order valence-electron chi connectivity index (χ0n) is 11.1. The van der Waals surface area contributed by atoms with Gasteiger partial charge in [0.05, 0.1) is 11.5 Å². The molecule has 19 heavy (non-hydrogen) atoms. The molecule has 106 valence electrons. The highest BCUT2D eigenvalue weighted by molar-refractivity contribution is 7.12. The first-order valence-corrected chi connectivity index (χ1v) is 7.15. The average molecular weight is 284 g/mol. The first kappa shape index (κ1) is 15.8. The van der Waals surface area contributed by atoms with Crippen molar-refractivity contribution in [2.45, 2.75) is 12.8 Å². The van der Waals surface area contributed by atoms with E-state index in [9.17, 15) is 9.59 Å². The van der Waals surface area contributed by atoms with Crippen molar-refractivity contribution in [2.24, 2.45) is 0 Å². The Labute approximate surface area is 117 Å². The highest BCUT2D eigenvalue weighted by Crippen LogP contribution is 2.11. The van der Waals surface area contributed by atoms with E-state index < -0.39 is 0 Å². The Balaban J connectivity index is 2.03. The second-order valence-electron chi connectivity index (χ2n) is 3.99. The molecular formula is C13H20N2O3S. The Morgan fingerprint density at radius 3 is 2.79 bits per heavy atom. The summed E-state index contributed by atoms with van der Waals surface area (Å²) in [6, 6.07) is 3.62. The molecule has 0 saturated heterocycles. The Kier molecular flexibility index (Phi) is 8.04. The van der Waals surface area contributed by atoms with Crippen molar-refractivity contribution in [2.75, 3.05) is 33.4 Å². The van der Waals surface area contributed by atoms with E-state index in [2.05, 4.69) is 10.6 Å². The van der Waals surface area contributed by atoms with Gasteiger partial charge in [0.25, 0.3) is 0 Å². The number of nitrogens with one attached hydrogen (secondary N) is 2. The molecule has 5 nitrogen and oxygen atoms in total. The summed E-state index contributed by atoms with van der Waals surface area (Å²) in [6.45, 7) is 2.69. The lowest BCUT2D eigenvalue weighted by Gasteiger charge is -2.06. The van der Waals surface area contributed by atoms with Gasteiger partial charge in [0.2, 0.25) is 5.91 Å². The second kappa shape index (κ2) is 9.66. The Morgan fingerprint density at radius 1 is 1.26 bits per heavy atom. The molecule has 0 aliphatic heterocycles. The highest BCUT2D eigenvalue weighted by Gasteiger charge is 2.09. The van der Waals surface area contributed by atoms with Crippen LogP contribution in [0.1, 0.15) is 22.5 Å². The molecular weight excluding hydrogens is 264 g/mol. The minimum atomic E-state index is -0.0848. The van der Waals surface area contributed by atoms with Crippen molar-refractivity contribution >= 4 is 23.0 Å². The van der Waals surface area contributed by atoms with E-state index >= 15 is 0 Å². The van der Waals surface area contributed by atoms with E-state index in [0.717, 1.165) is 6.54 Å². The molecule has 0 atom stereocenters. The molecule has 0 unspecified atom stereocenters. The van der Waals surface area contributed by atoms with E-state index in [1.165, 1.54) is 11.3 Å². The van der Waals surface area contributed by atoms with Crippen LogP contribution < -0.4 is 10.6 Å². The van der Waals surface area contributed by atoms with Crippen molar-refractivity contribution in [3.8, 4) is 0 Å². The molecule has 2 N–H and O–H groups in total. The van der Waals surface area contributed by atoms with Crippen LogP contribution in [-0.4, -0.2) is 45.0 Å². The fraction of sp³-hybridized carbons (Fsp3) is 0.538. The van der Waals surface area contributed by atoms with Gasteiger partial charge < -0.3 is 15.4 Å². The topological polar surface area (TPSA) is 67.4 Å². The molecule has 1 heterocycles. The third-order valence-electron chi connectivity index (χ3n) is 2.48. The van der Waals surface area contributed by atoms with E-state index in [4.69, 9.17) is 4.74 Å². The summed E-state index contributed by atoms with van der Waals surface area (Å²) in [4.78, 5) is 23.9. The number of hydrogen-bond acceptors (Lipinski definition) is 5. The fourth-order valence-electron chi connectivity index (χ4n) is 1.47. The average Bonchev–Trinajstić information content (AvgIpc) is 2.94. The monoisotopic (exact) mass is 284 g/mol. The van der Waals surface area contributed by atoms with Crippen molar-refractivity contribution in [3.63, 3.8) is 0 Å². The molecule has 1 aromatic rings. The zero-order chi connectivity index (χ0) is 13.9. The maximum Gasteiger partial charge on any atom is 0.220 e. The van der Waals surface area contributed by atoms with Crippen LogP contribution in [0.2, 0.25) is 0 Å². The maximum atomic E-state index is 11.7. The van der Waals surface area contributed by atoms with Crippen molar-refractivity contribution < 1.29 is 14.3 Å². The van der Waals surface area contributed by atoms with Gasteiger partial charge in [-0.05, 0) is 11.4 Å². The third kappa shape index (κ3) is 7.05. The lowest BCUT2D eigenvalue weighted by atomic mass is 10.2. The van der Waals surface area contributed by atoms with E-state index in [1.54, 1.807) is 13.2 Å². The number of amides is 1. The highest BCUT2D eigenvalue weighted by atomic mass is 32.1. The molecule has 0 aliphatic rings. The lowest BCUT2D eigenvalue weighted by molar-refractivity contribution is -0.121. The van der Waals surface area contributed by atoms with Crippen LogP contribution in [0.15, 0.2) is 17.5 Å². The molecule has 0 spiro atoms. The Morgan fingerprint density at radius 2 is 2.11 bits per heavy atom. The largest absolute Gasteiger partial charge is 0.383 e. The van der Waals surface area contributed by atoms with Gasteiger partial charge in [0.1, 0.15) is 0 Å². The third-order valence-corrected chi connectivity index (χ3v) is 3.39. The second-order valence-corrected chi connectivity index (χ2v) is 4.94. The van der Waals surface area contributed by atoms with Crippen molar-refractivity contribution in [1.29, 1.82) is 0 Å². The normalized spacial score (nSPS) is 10.4.